The second-order valence-corrected chi connectivity index (χ2v) is 9.58. The van der Waals surface area contributed by atoms with Crippen molar-refractivity contribution in [2.24, 2.45) is 5.92 Å². The van der Waals surface area contributed by atoms with Crippen LogP contribution in [-0.2, 0) is 4.74 Å². The number of nitrogens with zero attached hydrogens (tertiary/aromatic N) is 1. The molecule has 0 spiro atoms. The Bertz CT molecular complexity index is 424. The van der Waals surface area contributed by atoms with Crippen molar-refractivity contribution in [1.82, 2.24) is 10.2 Å². The van der Waals surface area contributed by atoms with Crippen LogP contribution >= 0.6 is 11.8 Å². The monoisotopic (exact) mass is 370 g/mol. The molecule has 1 heterocycles. The predicted molar refractivity (Wildman–Crippen MR) is 107 cm³/mol. The van der Waals surface area contributed by atoms with Crippen LogP contribution in [0.3, 0.4) is 0 Å². The fourth-order valence-electron chi connectivity index (χ4n) is 4.40. The topological polar surface area (TPSA) is 41.6 Å². The number of rotatable bonds is 6. The maximum atomic E-state index is 12.7. The lowest BCUT2D eigenvalue weighted by Crippen LogP contribution is -2.53. The van der Waals surface area contributed by atoms with Gasteiger partial charge >= 0.3 is 6.09 Å². The van der Waals surface area contributed by atoms with Crippen LogP contribution in [0.2, 0.25) is 0 Å². The molecule has 0 aromatic rings. The average Bonchev–Trinajstić information content (AvgIpc) is 3.03. The number of likely N-dealkylation sites (tertiary alicyclic amines) is 1. The molecule has 1 saturated heterocycles. The molecule has 1 saturated carbocycles. The van der Waals surface area contributed by atoms with Gasteiger partial charge in [-0.2, -0.15) is 11.8 Å². The molecule has 1 aliphatic carbocycles. The second kappa shape index (κ2) is 9.50. The summed E-state index contributed by atoms with van der Waals surface area (Å²) in [6, 6.07) is 1.47. The third kappa shape index (κ3) is 6.06. The van der Waals surface area contributed by atoms with Gasteiger partial charge in [-0.3, -0.25) is 0 Å². The van der Waals surface area contributed by atoms with Crippen LogP contribution in [-0.4, -0.2) is 53.3 Å². The van der Waals surface area contributed by atoms with Gasteiger partial charge in [0.15, 0.2) is 0 Å². The molecule has 0 radical (unpaired) electrons. The molecule has 0 aromatic carbocycles. The van der Waals surface area contributed by atoms with E-state index < -0.39 is 5.60 Å². The van der Waals surface area contributed by atoms with E-state index in [2.05, 4.69) is 18.5 Å². The number of hydrogen-bond donors (Lipinski definition) is 1. The number of nitrogens with one attached hydrogen (secondary N) is 1. The van der Waals surface area contributed by atoms with E-state index in [4.69, 9.17) is 4.74 Å². The molecule has 4 nitrogen and oxygen atoms in total. The number of ether oxygens (including phenoxy) is 1. The Balaban J connectivity index is 2.05. The lowest BCUT2D eigenvalue weighted by atomic mass is 9.78. The summed E-state index contributed by atoms with van der Waals surface area (Å²) in [5, 5.41) is 3.94. The Morgan fingerprint density at radius 1 is 1.24 bits per heavy atom. The van der Waals surface area contributed by atoms with E-state index in [1.807, 2.05) is 37.4 Å². The third-order valence-electron chi connectivity index (χ3n) is 5.55. The van der Waals surface area contributed by atoms with Crippen LogP contribution in [0.25, 0.3) is 0 Å². The second-order valence-electron chi connectivity index (χ2n) is 8.67. The molecule has 0 aromatic heterocycles. The molecule has 4 unspecified atom stereocenters. The maximum absolute atomic E-state index is 12.7. The smallest absolute Gasteiger partial charge is 0.410 e. The number of carbonyl (C=O) groups excluding carboxylic acids is 1. The fraction of sp³-hybridized carbons (Fsp3) is 0.950. The largest absolute Gasteiger partial charge is 0.444 e. The SMILES string of the molecule is CCC(CSC)NC1CCCCC1C1CCCN1C(=O)OC(C)(C)C. The van der Waals surface area contributed by atoms with E-state index in [0.29, 0.717) is 24.0 Å². The Morgan fingerprint density at radius 2 is 1.96 bits per heavy atom. The Morgan fingerprint density at radius 3 is 2.60 bits per heavy atom. The summed E-state index contributed by atoms with van der Waals surface area (Å²) in [6.45, 7) is 8.98. The third-order valence-corrected chi connectivity index (χ3v) is 6.29. The quantitative estimate of drug-likeness (QED) is 0.737. The van der Waals surface area contributed by atoms with E-state index >= 15 is 0 Å². The minimum Gasteiger partial charge on any atom is -0.444 e. The van der Waals surface area contributed by atoms with Crippen molar-refractivity contribution in [3.63, 3.8) is 0 Å². The zero-order valence-electron chi connectivity index (χ0n) is 16.8. The first-order chi connectivity index (χ1) is 11.9. The fourth-order valence-corrected chi connectivity index (χ4v) is 5.13. The van der Waals surface area contributed by atoms with Crippen molar-refractivity contribution in [2.45, 2.75) is 96.4 Å². The van der Waals surface area contributed by atoms with Crippen LogP contribution in [0.15, 0.2) is 0 Å². The van der Waals surface area contributed by atoms with E-state index in [1.165, 1.54) is 37.9 Å². The van der Waals surface area contributed by atoms with Gasteiger partial charge in [-0.15, -0.1) is 0 Å². The van der Waals surface area contributed by atoms with Gasteiger partial charge in [0.1, 0.15) is 5.60 Å². The lowest BCUT2D eigenvalue weighted by Gasteiger charge is -2.41. The normalized spacial score (nSPS) is 28.8. The highest BCUT2D eigenvalue weighted by Gasteiger charge is 2.41. The molecule has 2 aliphatic rings. The molecule has 5 heteroatoms. The summed E-state index contributed by atoms with van der Waals surface area (Å²) in [7, 11) is 0. The van der Waals surface area contributed by atoms with Gasteiger partial charge in [-0.05, 0) is 65.0 Å². The molecular formula is C20H38N2O2S. The first kappa shape index (κ1) is 20.9. The van der Waals surface area contributed by atoms with E-state index in [0.717, 1.165) is 19.4 Å². The van der Waals surface area contributed by atoms with Crippen molar-refractivity contribution >= 4 is 17.9 Å². The molecule has 0 bridgehead atoms. The van der Waals surface area contributed by atoms with E-state index in [-0.39, 0.29) is 6.09 Å². The Kier molecular flexibility index (Phi) is 7.93. The molecule has 4 atom stereocenters. The molecule has 1 amide bonds. The summed E-state index contributed by atoms with van der Waals surface area (Å²) >= 11 is 1.92. The van der Waals surface area contributed by atoms with E-state index in [1.54, 1.807) is 0 Å². The van der Waals surface area contributed by atoms with Gasteiger partial charge in [-0.1, -0.05) is 19.8 Å². The van der Waals surface area contributed by atoms with Gasteiger partial charge in [0, 0.05) is 30.4 Å². The zero-order valence-corrected chi connectivity index (χ0v) is 17.7. The van der Waals surface area contributed by atoms with Crippen LogP contribution in [0, 0.1) is 5.92 Å². The molecule has 146 valence electrons. The van der Waals surface area contributed by atoms with Crippen molar-refractivity contribution in [3.05, 3.63) is 0 Å². The summed E-state index contributed by atoms with van der Waals surface area (Å²) in [6.07, 6.45) is 10.6. The minimum absolute atomic E-state index is 0.115. The number of thioether (sulfide) groups is 1. The standard InChI is InChI=1S/C20H38N2O2S/c1-6-15(14-25-5)21-17-11-8-7-10-16(17)18-12-9-13-22(18)19(23)24-20(2,3)4/h15-18,21H,6-14H2,1-5H3. The predicted octanol–water partition coefficient (Wildman–Crippen LogP) is 4.68. The van der Waals surface area contributed by atoms with Crippen LogP contribution in [0.5, 0.6) is 0 Å². The number of amides is 1. The van der Waals surface area contributed by atoms with Gasteiger partial charge in [-0.25, -0.2) is 4.79 Å². The van der Waals surface area contributed by atoms with Crippen molar-refractivity contribution in [2.75, 3.05) is 18.6 Å². The first-order valence-corrected chi connectivity index (χ1v) is 11.5. The molecule has 1 N–H and O–H groups in total. The summed E-state index contributed by atoms with van der Waals surface area (Å²) in [5.74, 6) is 1.74. The van der Waals surface area contributed by atoms with Gasteiger partial charge in [0.2, 0.25) is 0 Å². The van der Waals surface area contributed by atoms with Gasteiger partial charge in [0.25, 0.3) is 0 Å². The number of hydrogen-bond acceptors (Lipinski definition) is 4. The Labute approximate surface area is 158 Å². The molecule has 25 heavy (non-hydrogen) atoms. The van der Waals surface area contributed by atoms with Crippen molar-refractivity contribution in [3.8, 4) is 0 Å². The summed E-state index contributed by atoms with van der Waals surface area (Å²) < 4.78 is 5.68. The van der Waals surface area contributed by atoms with Crippen molar-refractivity contribution in [1.29, 1.82) is 0 Å². The highest BCUT2D eigenvalue weighted by Crippen LogP contribution is 2.35. The first-order valence-electron chi connectivity index (χ1n) is 10.1. The Hall–Kier alpha value is -0.420. The van der Waals surface area contributed by atoms with Crippen LogP contribution in [0.4, 0.5) is 4.79 Å². The van der Waals surface area contributed by atoms with Crippen molar-refractivity contribution < 1.29 is 9.53 Å². The van der Waals surface area contributed by atoms with Gasteiger partial charge < -0.3 is 15.0 Å². The van der Waals surface area contributed by atoms with Crippen LogP contribution < -0.4 is 5.32 Å². The summed E-state index contributed by atoms with van der Waals surface area (Å²) in [4.78, 5) is 14.7. The van der Waals surface area contributed by atoms with E-state index in [9.17, 15) is 4.79 Å². The molecule has 2 fully saturated rings. The average molecular weight is 371 g/mol. The highest BCUT2D eigenvalue weighted by molar-refractivity contribution is 7.98. The summed E-state index contributed by atoms with van der Waals surface area (Å²) in [5.41, 5.74) is -0.417. The molecular weight excluding hydrogens is 332 g/mol. The number of carbonyl (C=O) groups is 1. The highest BCUT2D eigenvalue weighted by atomic mass is 32.2. The maximum Gasteiger partial charge on any atom is 0.410 e. The van der Waals surface area contributed by atoms with Crippen LogP contribution in [0.1, 0.15) is 72.6 Å². The molecule has 1 aliphatic heterocycles. The zero-order chi connectivity index (χ0) is 18.4. The minimum atomic E-state index is -0.417. The molecule has 2 rings (SSSR count). The van der Waals surface area contributed by atoms with Gasteiger partial charge in [0.05, 0.1) is 0 Å². The lowest BCUT2D eigenvalue weighted by molar-refractivity contribution is 0.0130.